The normalized spacial score (nSPS) is 12.2. The molecule has 2 nitrogen and oxygen atoms in total. The number of rotatable bonds is 4. The largest absolute Gasteiger partial charge is 0.325 e. The van der Waals surface area contributed by atoms with E-state index in [0.717, 1.165) is 0 Å². The topological polar surface area (TPSA) is 17.8 Å². The first kappa shape index (κ1) is 14.0. The standard InChI is InChI=1S/C20H16N2S/c1-2-5-16(6-3-1)17-8-10-18(11-9-17)20(19-7-4-14-23-19)22-13-12-21-15-22/h1-15,20H. The van der Waals surface area contributed by atoms with Crippen molar-refractivity contribution in [2.75, 3.05) is 0 Å². The lowest BCUT2D eigenvalue weighted by atomic mass is 10.00. The van der Waals surface area contributed by atoms with Crippen LogP contribution in [0.15, 0.2) is 90.8 Å². The predicted octanol–water partition coefficient (Wildman–Crippen LogP) is 5.25. The molecule has 0 aliphatic rings. The molecule has 1 atom stereocenters. The molecule has 0 saturated heterocycles. The van der Waals surface area contributed by atoms with Crippen LogP contribution in [0.1, 0.15) is 16.5 Å². The first-order chi connectivity index (χ1) is 11.4. The van der Waals surface area contributed by atoms with Crippen LogP contribution in [0.2, 0.25) is 0 Å². The van der Waals surface area contributed by atoms with Gasteiger partial charge in [-0.05, 0) is 28.1 Å². The van der Waals surface area contributed by atoms with E-state index >= 15 is 0 Å². The SMILES string of the molecule is c1ccc(-c2ccc(C(c3cccs3)n3ccnc3)cc2)cc1. The van der Waals surface area contributed by atoms with Gasteiger partial charge in [0.15, 0.2) is 0 Å². The van der Waals surface area contributed by atoms with Crippen molar-refractivity contribution < 1.29 is 0 Å². The van der Waals surface area contributed by atoms with Gasteiger partial charge in [0.2, 0.25) is 0 Å². The fourth-order valence-electron chi connectivity index (χ4n) is 2.84. The van der Waals surface area contributed by atoms with E-state index in [4.69, 9.17) is 0 Å². The Balaban J connectivity index is 1.73. The summed E-state index contributed by atoms with van der Waals surface area (Å²) in [5.74, 6) is 0. The summed E-state index contributed by atoms with van der Waals surface area (Å²) < 4.78 is 2.16. The highest BCUT2D eigenvalue weighted by molar-refractivity contribution is 7.10. The fraction of sp³-hybridized carbons (Fsp3) is 0.0500. The first-order valence-electron chi connectivity index (χ1n) is 7.58. The number of nitrogens with zero attached hydrogens (tertiary/aromatic N) is 2. The van der Waals surface area contributed by atoms with E-state index < -0.39 is 0 Å². The number of imidazole rings is 1. The maximum atomic E-state index is 4.21. The molecule has 0 aliphatic carbocycles. The minimum absolute atomic E-state index is 0.183. The minimum atomic E-state index is 0.183. The fourth-order valence-corrected chi connectivity index (χ4v) is 3.70. The maximum Gasteiger partial charge on any atom is 0.0954 e. The van der Waals surface area contributed by atoms with Gasteiger partial charge in [0.05, 0.1) is 12.4 Å². The van der Waals surface area contributed by atoms with Crippen LogP contribution in [-0.4, -0.2) is 9.55 Å². The van der Waals surface area contributed by atoms with Gasteiger partial charge >= 0.3 is 0 Å². The molecule has 0 N–H and O–H groups in total. The number of benzene rings is 2. The van der Waals surface area contributed by atoms with E-state index in [1.165, 1.54) is 21.6 Å². The van der Waals surface area contributed by atoms with Crippen molar-refractivity contribution in [3.8, 4) is 11.1 Å². The maximum absolute atomic E-state index is 4.21. The quantitative estimate of drug-likeness (QED) is 0.503. The molecule has 0 amide bonds. The molecular formula is C20H16N2S. The average molecular weight is 316 g/mol. The summed E-state index contributed by atoms with van der Waals surface area (Å²) in [4.78, 5) is 5.53. The van der Waals surface area contributed by atoms with Crippen molar-refractivity contribution in [2.45, 2.75) is 6.04 Å². The Kier molecular flexibility index (Phi) is 3.78. The lowest BCUT2D eigenvalue weighted by molar-refractivity contribution is 0.688. The van der Waals surface area contributed by atoms with E-state index in [2.05, 4.69) is 75.6 Å². The van der Waals surface area contributed by atoms with E-state index in [1.54, 1.807) is 11.3 Å². The van der Waals surface area contributed by atoms with Crippen LogP contribution in [0.3, 0.4) is 0 Å². The van der Waals surface area contributed by atoms with E-state index in [-0.39, 0.29) is 6.04 Å². The highest BCUT2D eigenvalue weighted by Gasteiger charge is 2.16. The van der Waals surface area contributed by atoms with Crippen LogP contribution in [0.25, 0.3) is 11.1 Å². The van der Waals surface area contributed by atoms with Gasteiger partial charge in [0.1, 0.15) is 0 Å². The summed E-state index contributed by atoms with van der Waals surface area (Å²) in [6.45, 7) is 0. The van der Waals surface area contributed by atoms with Crippen molar-refractivity contribution >= 4 is 11.3 Å². The minimum Gasteiger partial charge on any atom is -0.325 e. The van der Waals surface area contributed by atoms with Crippen LogP contribution in [0.5, 0.6) is 0 Å². The molecule has 0 radical (unpaired) electrons. The zero-order chi connectivity index (χ0) is 15.5. The second-order valence-corrected chi connectivity index (χ2v) is 6.40. The lowest BCUT2D eigenvalue weighted by Crippen LogP contribution is -2.08. The average Bonchev–Trinajstić information content (AvgIpc) is 3.31. The summed E-state index contributed by atoms with van der Waals surface area (Å²) in [5, 5.41) is 2.12. The summed E-state index contributed by atoms with van der Waals surface area (Å²) in [7, 11) is 0. The predicted molar refractivity (Wildman–Crippen MR) is 95.7 cm³/mol. The van der Waals surface area contributed by atoms with Crippen molar-refractivity contribution in [1.29, 1.82) is 0 Å². The molecule has 112 valence electrons. The Labute approximate surface area is 139 Å². The molecule has 4 aromatic rings. The molecule has 2 aromatic carbocycles. The first-order valence-corrected chi connectivity index (χ1v) is 8.46. The van der Waals surface area contributed by atoms with Crippen LogP contribution in [0.4, 0.5) is 0 Å². The summed E-state index contributed by atoms with van der Waals surface area (Å²) >= 11 is 1.78. The summed E-state index contributed by atoms with van der Waals surface area (Å²) in [6.07, 6.45) is 5.74. The van der Waals surface area contributed by atoms with E-state index in [1.807, 2.05) is 24.8 Å². The molecule has 3 heteroatoms. The second-order valence-electron chi connectivity index (χ2n) is 5.42. The zero-order valence-electron chi connectivity index (χ0n) is 12.5. The van der Waals surface area contributed by atoms with Crippen LogP contribution in [-0.2, 0) is 0 Å². The van der Waals surface area contributed by atoms with Gasteiger partial charge < -0.3 is 4.57 Å². The number of hydrogen-bond donors (Lipinski definition) is 0. The Morgan fingerprint density at radius 2 is 1.61 bits per heavy atom. The van der Waals surface area contributed by atoms with Crippen LogP contribution < -0.4 is 0 Å². The Morgan fingerprint density at radius 1 is 0.826 bits per heavy atom. The molecule has 0 bridgehead atoms. The van der Waals surface area contributed by atoms with Gasteiger partial charge in [-0.1, -0.05) is 60.7 Å². The third-order valence-electron chi connectivity index (χ3n) is 3.97. The third kappa shape index (κ3) is 2.83. The number of aromatic nitrogens is 2. The van der Waals surface area contributed by atoms with Gasteiger partial charge in [-0.3, -0.25) is 0 Å². The second kappa shape index (κ2) is 6.23. The molecule has 0 fully saturated rings. The number of thiophene rings is 1. The molecule has 0 spiro atoms. The van der Waals surface area contributed by atoms with Gasteiger partial charge in [-0.2, -0.15) is 0 Å². The smallest absolute Gasteiger partial charge is 0.0954 e. The summed E-state index contributed by atoms with van der Waals surface area (Å²) in [5.41, 5.74) is 3.75. The Bertz CT molecular complexity index is 814. The van der Waals surface area contributed by atoms with Crippen LogP contribution >= 0.6 is 11.3 Å². The zero-order valence-corrected chi connectivity index (χ0v) is 13.4. The molecule has 4 rings (SSSR count). The third-order valence-corrected chi connectivity index (χ3v) is 4.89. The van der Waals surface area contributed by atoms with E-state index in [0.29, 0.717) is 0 Å². The molecule has 0 aliphatic heterocycles. The van der Waals surface area contributed by atoms with Crippen molar-refractivity contribution in [1.82, 2.24) is 9.55 Å². The highest BCUT2D eigenvalue weighted by Crippen LogP contribution is 2.31. The van der Waals surface area contributed by atoms with E-state index in [9.17, 15) is 0 Å². The molecule has 0 saturated carbocycles. The molecule has 2 heterocycles. The number of hydrogen-bond acceptors (Lipinski definition) is 2. The van der Waals surface area contributed by atoms with Crippen molar-refractivity contribution in [3.63, 3.8) is 0 Å². The highest BCUT2D eigenvalue weighted by atomic mass is 32.1. The van der Waals surface area contributed by atoms with Crippen molar-refractivity contribution in [2.24, 2.45) is 0 Å². The van der Waals surface area contributed by atoms with Gasteiger partial charge in [0.25, 0.3) is 0 Å². The Hall–Kier alpha value is -2.65. The molecular weight excluding hydrogens is 300 g/mol. The Morgan fingerprint density at radius 3 is 2.26 bits per heavy atom. The van der Waals surface area contributed by atoms with Gasteiger partial charge in [0, 0.05) is 17.3 Å². The van der Waals surface area contributed by atoms with Crippen LogP contribution in [0, 0.1) is 0 Å². The van der Waals surface area contributed by atoms with Gasteiger partial charge in [-0.25, -0.2) is 4.98 Å². The monoisotopic (exact) mass is 316 g/mol. The van der Waals surface area contributed by atoms with Gasteiger partial charge in [-0.15, -0.1) is 11.3 Å². The van der Waals surface area contributed by atoms with Crippen molar-refractivity contribution in [3.05, 3.63) is 101 Å². The molecule has 1 unspecified atom stereocenters. The lowest BCUT2D eigenvalue weighted by Gasteiger charge is -2.18. The molecule has 23 heavy (non-hydrogen) atoms. The summed E-state index contributed by atoms with van der Waals surface area (Å²) in [6, 6.07) is 23.8. The molecule has 2 aromatic heterocycles.